The first-order chi connectivity index (χ1) is 11.3. The molecule has 124 valence electrons. The number of fused-ring (bicyclic) bond motifs is 1. The van der Waals surface area contributed by atoms with E-state index in [2.05, 4.69) is 23.1 Å². The van der Waals surface area contributed by atoms with Gasteiger partial charge >= 0.3 is 0 Å². The van der Waals surface area contributed by atoms with Crippen molar-refractivity contribution >= 4 is 0 Å². The lowest BCUT2D eigenvalue weighted by Gasteiger charge is -2.06. The number of ether oxygens (including phenoxy) is 3. The summed E-state index contributed by atoms with van der Waals surface area (Å²) < 4.78 is 17.9. The van der Waals surface area contributed by atoms with Gasteiger partial charge in [0.1, 0.15) is 12.4 Å². The van der Waals surface area contributed by atoms with E-state index in [1.807, 2.05) is 16.8 Å². The van der Waals surface area contributed by atoms with Gasteiger partial charge in [0.25, 0.3) is 0 Å². The minimum Gasteiger partial charge on any atom is -0.454 e. The molecule has 3 rings (SSSR count). The van der Waals surface area contributed by atoms with Gasteiger partial charge in [-0.1, -0.05) is 19.4 Å². The Bertz CT molecular complexity index is 655. The van der Waals surface area contributed by atoms with Crippen molar-refractivity contribution in [3.63, 3.8) is 0 Å². The third-order valence-corrected chi connectivity index (χ3v) is 3.86. The Morgan fingerprint density at radius 1 is 1.22 bits per heavy atom. The van der Waals surface area contributed by atoms with E-state index in [9.17, 15) is 0 Å². The minimum atomic E-state index is 0.310. The van der Waals surface area contributed by atoms with Crippen LogP contribution in [0.4, 0.5) is 0 Å². The molecular weight excluding hydrogens is 294 g/mol. The second-order valence-electron chi connectivity index (χ2n) is 5.64. The molecule has 1 aliphatic heterocycles. The van der Waals surface area contributed by atoms with Crippen molar-refractivity contribution < 1.29 is 14.2 Å². The average molecular weight is 317 g/mol. The Balaban J connectivity index is 1.68. The Morgan fingerprint density at radius 2 is 2.09 bits per heavy atom. The lowest BCUT2D eigenvalue weighted by atomic mass is 10.1. The van der Waals surface area contributed by atoms with Gasteiger partial charge in [-0.15, -0.1) is 0 Å². The van der Waals surface area contributed by atoms with Crippen molar-refractivity contribution in [2.75, 3.05) is 13.9 Å². The van der Waals surface area contributed by atoms with Gasteiger partial charge in [-0.2, -0.15) is 5.10 Å². The molecule has 0 bridgehead atoms. The smallest absolute Gasteiger partial charge is 0.231 e. The number of hydrogen-bond donors (Lipinski definition) is 0. The number of hydrogen-bond acceptors (Lipinski definition) is 5. The summed E-state index contributed by atoms with van der Waals surface area (Å²) in [5, 5.41) is 4.54. The van der Waals surface area contributed by atoms with Gasteiger partial charge in [0.15, 0.2) is 17.3 Å². The van der Waals surface area contributed by atoms with Crippen LogP contribution in [0.3, 0.4) is 0 Å². The van der Waals surface area contributed by atoms with E-state index >= 15 is 0 Å². The minimum absolute atomic E-state index is 0.310. The molecule has 0 aliphatic carbocycles. The molecule has 0 spiro atoms. The Kier molecular flexibility index (Phi) is 5.12. The largest absolute Gasteiger partial charge is 0.454 e. The van der Waals surface area contributed by atoms with E-state index in [0.717, 1.165) is 55.4 Å². The van der Waals surface area contributed by atoms with E-state index in [4.69, 9.17) is 14.2 Å². The summed E-state index contributed by atoms with van der Waals surface area (Å²) in [6, 6.07) is 6.09. The first-order valence-electron chi connectivity index (χ1n) is 8.10. The van der Waals surface area contributed by atoms with Crippen LogP contribution in [-0.4, -0.2) is 28.7 Å². The van der Waals surface area contributed by atoms with Crippen LogP contribution in [0.5, 0.6) is 11.5 Å². The molecule has 0 radical (unpaired) electrons. The fourth-order valence-electron chi connectivity index (χ4n) is 2.64. The SMILES string of the molecule is CCCCn1nc(COC)nc1CCc1ccc2c(c1)OCO2. The summed E-state index contributed by atoms with van der Waals surface area (Å²) in [7, 11) is 1.67. The molecule has 23 heavy (non-hydrogen) atoms. The molecule has 6 nitrogen and oxygen atoms in total. The van der Waals surface area contributed by atoms with Crippen LogP contribution < -0.4 is 9.47 Å². The third kappa shape index (κ3) is 3.82. The Morgan fingerprint density at radius 3 is 2.91 bits per heavy atom. The molecule has 1 aromatic heterocycles. The topological polar surface area (TPSA) is 58.4 Å². The van der Waals surface area contributed by atoms with Crippen LogP contribution in [0.1, 0.15) is 37.0 Å². The molecule has 0 amide bonds. The monoisotopic (exact) mass is 317 g/mol. The van der Waals surface area contributed by atoms with Gasteiger partial charge in [0.05, 0.1) is 0 Å². The molecule has 2 aromatic rings. The highest BCUT2D eigenvalue weighted by Crippen LogP contribution is 2.32. The van der Waals surface area contributed by atoms with Crippen LogP contribution >= 0.6 is 0 Å². The maximum absolute atomic E-state index is 5.43. The molecule has 0 N–H and O–H groups in total. The maximum Gasteiger partial charge on any atom is 0.231 e. The second kappa shape index (κ2) is 7.46. The fraction of sp³-hybridized carbons (Fsp3) is 0.529. The first-order valence-corrected chi connectivity index (χ1v) is 8.10. The predicted molar refractivity (Wildman–Crippen MR) is 85.6 cm³/mol. The van der Waals surface area contributed by atoms with Gasteiger partial charge in [-0.3, -0.25) is 0 Å². The van der Waals surface area contributed by atoms with E-state index in [1.165, 1.54) is 5.56 Å². The molecule has 0 saturated carbocycles. The van der Waals surface area contributed by atoms with E-state index in [-0.39, 0.29) is 0 Å². The quantitative estimate of drug-likeness (QED) is 0.749. The number of unbranched alkanes of at least 4 members (excludes halogenated alkanes) is 1. The van der Waals surface area contributed by atoms with Crippen molar-refractivity contribution in [1.82, 2.24) is 14.8 Å². The summed E-state index contributed by atoms with van der Waals surface area (Å²) in [6.07, 6.45) is 3.99. The summed E-state index contributed by atoms with van der Waals surface area (Å²) >= 11 is 0. The number of rotatable bonds is 8. The van der Waals surface area contributed by atoms with Crippen molar-refractivity contribution in [2.24, 2.45) is 0 Å². The highest BCUT2D eigenvalue weighted by molar-refractivity contribution is 5.44. The lowest BCUT2D eigenvalue weighted by Crippen LogP contribution is -2.07. The van der Waals surface area contributed by atoms with Crippen molar-refractivity contribution in [1.29, 1.82) is 0 Å². The van der Waals surface area contributed by atoms with Crippen LogP contribution in [-0.2, 0) is 30.7 Å². The summed E-state index contributed by atoms with van der Waals surface area (Å²) in [6.45, 7) is 3.85. The Labute approximate surface area is 136 Å². The normalized spacial score (nSPS) is 12.8. The fourth-order valence-corrected chi connectivity index (χ4v) is 2.64. The Hall–Kier alpha value is -2.08. The van der Waals surface area contributed by atoms with Crippen LogP contribution in [0, 0.1) is 0 Å². The zero-order valence-electron chi connectivity index (χ0n) is 13.7. The van der Waals surface area contributed by atoms with Crippen LogP contribution in [0.25, 0.3) is 0 Å². The predicted octanol–water partition coefficient (Wildman–Crippen LogP) is 2.74. The van der Waals surface area contributed by atoms with Crippen molar-refractivity contribution in [3.8, 4) is 11.5 Å². The van der Waals surface area contributed by atoms with Crippen LogP contribution in [0.15, 0.2) is 18.2 Å². The summed E-state index contributed by atoms with van der Waals surface area (Å²) in [4.78, 5) is 4.61. The summed E-state index contributed by atoms with van der Waals surface area (Å²) in [5.74, 6) is 3.42. The van der Waals surface area contributed by atoms with Gasteiger partial charge in [-0.25, -0.2) is 9.67 Å². The molecule has 0 unspecified atom stereocenters. The van der Waals surface area contributed by atoms with E-state index in [1.54, 1.807) is 7.11 Å². The van der Waals surface area contributed by atoms with Gasteiger partial charge in [-0.05, 0) is 30.5 Å². The molecule has 6 heteroatoms. The van der Waals surface area contributed by atoms with E-state index < -0.39 is 0 Å². The molecule has 1 aliphatic rings. The number of aryl methyl sites for hydroxylation is 3. The van der Waals surface area contributed by atoms with Gasteiger partial charge < -0.3 is 14.2 Å². The van der Waals surface area contributed by atoms with Crippen molar-refractivity contribution in [2.45, 2.75) is 45.8 Å². The molecule has 1 aromatic carbocycles. The number of methoxy groups -OCH3 is 1. The highest BCUT2D eigenvalue weighted by Gasteiger charge is 2.14. The number of nitrogens with zero attached hydrogens (tertiary/aromatic N) is 3. The standard InChI is InChI=1S/C17H23N3O3/c1-3-4-9-20-17(18-16(19-20)11-21-2)8-6-13-5-7-14-15(10-13)23-12-22-14/h5,7,10H,3-4,6,8-9,11-12H2,1-2H3. The molecule has 0 fully saturated rings. The second-order valence-corrected chi connectivity index (χ2v) is 5.64. The lowest BCUT2D eigenvalue weighted by molar-refractivity contribution is 0.174. The molecule has 2 heterocycles. The van der Waals surface area contributed by atoms with Gasteiger partial charge in [0.2, 0.25) is 6.79 Å². The van der Waals surface area contributed by atoms with E-state index in [0.29, 0.717) is 13.4 Å². The average Bonchev–Trinajstić information content (AvgIpc) is 3.17. The number of aromatic nitrogens is 3. The molecule has 0 atom stereocenters. The summed E-state index contributed by atoms with van der Waals surface area (Å²) in [5.41, 5.74) is 1.22. The van der Waals surface area contributed by atoms with Crippen LogP contribution in [0.2, 0.25) is 0 Å². The zero-order chi connectivity index (χ0) is 16.1. The number of benzene rings is 1. The van der Waals surface area contributed by atoms with Crippen molar-refractivity contribution in [3.05, 3.63) is 35.4 Å². The molecule has 0 saturated heterocycles. The molecular formula is C17H23N3O3. The third-order valence-electron chi connectivity index (χ3n) is 3.86. The zero-order valence-corrected chi connectivity index (χ0v) is 13.7. The maximum atomic E-state index is 5.43. The van der Waals surface area contributed by atoms with Gasteiger partial charge in [0, 0.05) is 20.1 Å². The first kappa shape index (κ1) is 15.8. The highest BCUT2D eigenvalue weighted by atomic mass is 16.7.